The molecule has 0 spiro atoms. The average Bonchev–Trinajstić information content (AvgIpc) is 3.10. The zero-order valence-electron chi connectivity index (χ0n) is 10.6. The van der Waals surface area contributed by atoms with Crippen molar-refractivity contribution in [3.8, 4) is 0 Å². The molecule has 1 fully saturated rings. The van der Waals surface area contributed by atoms with Gasteiger partial charge in [0.05, 0.1) is 13.1 Å². The number of rotatable bonds is 2. The Morgan fingerprint density at radius 3 is 2.80 bits per heavy atom. The molecule has 20 heavy (non-hydrogen) atoms. The lowest BCUT2D eigenvalue weighted by atomic mass is 10.2. The van der Waals surface area contributed by atoms with E-state index in [2.05, 4.69) is 15.4 Å². The number of carbonyl (C=O) groups excluding carboxylic acids is 1. The van der Waals surface area contributed by atoms with Crippen molar-refractivity contribution in [1.29, 1.82) is 0 Å². The number of urea groups is 1. The van der Waals surface area contributed by atoms with E-state index in [0.717, 1.165) is 0 Å². The molecule has 2 aliphatic rings. The Morgan fingerprint density at radius 1 is 1.40 bits per heavy atom. The summed E-state index contributed by atoms with van der Waals surface area (Å²) in [5.74, 6) is 0.105. The minimum atomic E-state index is -4.40. The predicted molar refractivity (Wildman–Crippen MR) is 61.5 cm³/mol. The Morgan fingerprint density at radius 2 is 2.15 bits per heavy atom. The molecular weight excluding hydrogens is 275 g/mol. The van der Waals surface area contributed by atoms with Gasteiger partial charge in [-0.25, -0.2) is 14.5 Å². The van der Waals surface area contributed by atoms with Gasteiger partial charge in [-0.15, -0.1) is 0 Å². The molecule has 0 saturated heterocycles. The maximum atomic E-state index is 12.9. The van der Waals surface area contributed by atoms with Gasteiger partial charge in [-0.05, 0) is 18.8 Å². The highest BCUT2D eigenvalue weighted by molar-refractivity contribution is 5.74. The highest BCUT2D eigenvalue weighted by Crippen LogP contribution is 2.40. The molecule has 1 aromatic rings. The Hall–Kier alpha value is -1.80. The standard InChI is InChI=1S/C11H14F3N5O/c12-11(13,14)9(7-1-2-7)17-10(20)18-3-4-19-8(5-18)15-6-16-19/h6-7,9H,1-5H2,(H,17,20). The van der Waals surface area contributed by atoms with E-state index in [1.807, 2.05) is 0 Å². The van der Waals surface area contributed by atoms with E-state index >= 15 is 0 Å². The maximum absolute atomic E-state index is 12.9. The lowest BCUT2D eigenvalue weighted by Crippen LogP contribution is -2.53. The van der Waals surface area contributed by atoms with Crippen LogP contribution in [-0.2, 0) is 13.1 Å². The summed E-state index contributed by atoms with van der Waals surface area (Å²) >= 11 is 0. The quantitative estimate of drug-likeness (QED) is 0.888. The van der Waals surface area contributed by atoms with Crippen molar-refractivity contribution in [3.05, 3.63) is 12.2 Å². The molecule has 1 saturated carbocycles. The number of aromatic nitrogens is 3. The SMILES string of the molecule is O=C(NC(C1CC1)C(F)(F)F)N1CCn2ncnc2C1. The Labute approximate surface area is 112 Å². The summed E-state index contributed by atoms with van der Waals surface area (Å²) in [6.45, 7) is 0.960. The third kappa shape index (κ3) is 2.56. The van der Waals surface area contributed by atoms with Crippen LogP contribution in [-0.4, -0.2) is 44.5 Å². The maximum Gasteiger partial charge on any atom is 0.408 e. The first-order valence-corrected chi connectivity index (χ1v) is 6.44. The molecule has 1 aliphatic carbocycles. The van der Waals surface area contributed by atoms with Crippen molar-refractivity contribution in [3.63, 3.8) is 0 Å². The Bertz CT molecular complexity index is 510. The second-order valence-corrected chi connectivity index (χ2v) is 5.13. The van der Waals surface area contributed by atoms with Crippen molar-refractivity contribution >= 4 is 6.03 Å². The number of amides is 2. The van der Waals surface area contributed by atoms with Crippen molar-refractivity contribution in [2.45, 2.75) is 38.1 Å². The first-order chi connectivity index (χ1) is 9.45. The summed E-state index contributed by atoms with van der Waals surface area (Å²) in [6, 6.07) is -2.43. The zero-order valence-corrected chi connectivity index (χ0v) is 10.6. The van der Waals surface area contributed by atoms with Gasteiger partial charge in [0.15, 0.2) is 0 Å². The number of nitrogens with zero attached hydrogens (tertiary/aromatic N) is 4. The van der Waals surface area contributed by atoms with Crippen molar-refractivity contribution in [2.75, 3.05) is 6.54 Å². The first kappa shape index (κ1) is 13.2. The third-order valence-corrected chi connectivity index (χ3v) is 3.62. The second kappa shape index (κ2) is 4.64. The lowest BCUT2D eigenvalue weighted by molar-refractivity contribution is -0.158. The molecule has 3 rings (SSSR count). The summed E-state index contributed by atoms with van der Waals surface area (Å²) in [4.78, 5) is 17.3. The van der Waals surface area contributed by atoms with Crippen molar-refractivity contribution in [2.24, 2.45) is 5.92 Å². The monoisotopic (exact) mass is 289 g/mol. The highest BCUT2D eigenvalue weighted by Gasteiger charge is 2.50. The van der Waals surface area contributed by atoms with Gasteiger partial charge in [-0.1, -0.05) is 0 Å². The largest absolute Gasteiger partial charge is 0.408 e. The van der Waals surface area contributed by atoms with E-state index in [0.29, 0.717) is 31.8 Å². The van der Waals surface area contributed by atoms with Crippen LogP contribution in [0.25, 0.3) is 0 Å². The zero-order chi connectivity index (χ0) is 14.3. The fraction of sp³-hybridized carbons (Fsp3) is 0.727. The molecule has 0 bridgehead atoms. The summed E-state index contributed by atoms with van der Waals surface area (Å²) < 4.78 is 40.2. The molecule has 1 aromatic heterocycles. The highest BCUT2D eigenvalue weighted by atomic mass is 19.4. The van der Waals surface area contributed by atoms with Crippen LogP contribution in [0, 0.1) is 5.92 Å². The van der Waals surface area contributed by atoms with Crippen LogP contribution in [0.1, 0.15) is 18.7 Å². The predicted octanol–water partition coefficient (Wildman–Crippen LogP) is 1.14. The molecule has 2 amide bonds. The topological polar surface area (TPSA) is 63.1 Å². The van der Waals surface area contributed by atoms with Gasteiger partial charge in [-0.2, -0.15) is 18.3 Å². The van der Waals surface area contributed by atoms with E-state index in [9.17, 15) is 18.0 Å². The number of hydrogen-bond donors (Lipinski definition) is 1. The Balaban J connectivity index is 1.65. The van der Waals surface area contributed by atoms with Crippen LogP contribution in [0.15, 0.2) is 6.33 Å². The number of hydrogen-bond acceptors (Lipinski definition) is 3. The first-order valence-electron chi connectivity index (χ1n) is 6.44. The molecule has 1 aliphatic heterocycles. The fourth-order valence-electron chi connectivity index (χ4n) is 2.36. The molecule has 0 radical (unpaired) electrons. The molecular formula is C11H14F3N5O. The number of carbonyl (C=O) groups is 1. The molecule has 1 N–H and O–H groups in total. The average molecular weight is 289 g/mol. The van der Waals surface area contributed by atoms with Crippen LogP contribution < -0.4 is 5.32 Å². The van der Waals surface area contributed by atoms with Crippen molar-refractivity contribution in [1.82, 2.24) is 25.0 Å². The van der Waals surface area contributed by atoms with Gasteiger partial charge in [-0.3, -0.25) is 0 Å². The van der Waals surface area contributed by atoms with E-state index < -0.39 is 24.2 Å². The molecule has 1 atom stereocenters. The summed E-state index contributed by atoms with van der Waals surface area (Å²) in [7, 11) is 0. The van der Waals surface area contributed by atoms with Crippen molar-refractivity contribution < 1.29 is 18.0 Å². The number of halogens is 3. The molecule has 9 heteroatoms. The van der Waals surface area contributed by atoms with E-state index in [-0.39, 0.29) is 6.54 Å². The third-order valence-electron chi connectivity index (χ3n) is 3.62. The number of fused-ring (bicyclic) bond motifs is 1. The number of alkyl halides is 3. The number of nitrogens with one attached hydrogen (secondary N) is 1. The minimum absolute atomic E-state index is 0.182. The molecule has 2 heterocycles. The van der Waals surface area contributed by atoms with Gasteiger partial charge in [0, 0.05) is 6.54 Å². The fourth-order valence-corrected chi connectivity index (χ4v) is 2.36. The molecule has 6 nitrogen and oxygen atoms in total. The van der Waals surface area contributed by atoms with E-state index in [1.54, 1.807) is 4.68 Å². The summed E-state index contributed by atoms with van der Waals surface area (Å²) in [6.07, 6.45) is -2.00. The normalized spacial score (nSPS) is 20.4. The van der Waals surface area contributed by atoms with Crippen LogP contribution in [0.5, 0.6) is 0 Å². The summed E-state index contributed by atoms with van der Waals surface area (Å²) in [5, 5.41) is 6.07. The van der Waals surface area contributed by atoms with Crippen LogP contribution in [0.2, 0.25) is 0 Å². The molecule has 0 aromatic carbocycles. The van der Waals surface area contributed by atoms with Gasteiger partial charge >= 0.3 is 12.2 Å². The van der Waals surface area contributed by atoms with Gasteiger partial charge in [0.25, 0.3) is 0 Å². The van der Waals surface area contributed by atoms with Gasteiger partial charge < -0.3 is 10.2 Å². The summed E-state index contributed by atoms with van der Waals surface area (Å²) in [5.41, 5.74) is 0. The van der Waals surface area contributed by atoms with Gasteiger partial charge in [0.1, 0.15) is 18.2 Å². The van der Waals surface area contributed by atoms with Gasteiger partial charge in [0.2, 0.25) is 0 Å². The van der Waals surface area contributed by atoms with Crippen LogP contribution in [0.3, 0.4) is 0 Å². The van der Waals surface area contributed by atoms with Crippen LogP contribution in [0.4, 0.5) is 18.0 Å². The molecule has 1 unspecified atom stereocenters. The second-order valence-electron chi connectivity index (χ2n) is 5.13. The minimum Gasteiger partial charge on any atom is -0.326 e. The van der Waals surface area contributed by atoms with E-state index in [4.69, 9.17) is 0 Å². The molecule has 110 valence electrons. The Kier molecular flexibility index (Phi) is 3.06. The van der Waals surface area contributed by atoms with E-state index in [1.165, 1.54) is 11.2 Å². The van der Waals surface area contributed by atoms with Crippen LogP contribution >= 0.6 is 0 Å². The smallest absolute Gasteiger partial charge is 0.326 e. The lowest BCUT2D eigenvalue weighted by Gasteiger charge is -2.30.